The molecule has 0 aliphatic carbocycles. The highest BCUT2D eigenvalue weighted by Crippen LogP contribution is 2.35. The Morgan fingerprint density at radius 1 is 1.00 bits per heavy atom. The quantitative estimate of drug-likeness (QED) is 0.902. The van der Waals surface area contributed by atoms with Gasteiger partial charge in [-0.1, -0.05) is 0 Å². The summed E-state index contributed by atoms with van der Waals surface area (Å²) < 4.78 is 15.8. The minimum atomic E-state index is -0.0449. The van der Waals surface area contributed by atoms with Crippen molar-refractivity contribution in [3.05, 3.63) is 17.7 Å². The molecule has 0 atom stereocenters. The van der Waals surface area contributed by atoms with Gasteiger partial charge in [0.25, 0.3) is 5.91 Å². The van der Waals surface area contributed by atoms with Gasteiger partial charge in [0.05, 0.1) is 26.9 Å². The standard InChI is InChI=1S/C15H22N2O4/c1-19-12-10-14(21-3)13(20-2)9-11(12)15(18)17-7-4-5-16-6-8-17/h9-10,16H,4-8H2,1-3H3. The van der Waals surface area contributed by atoms with Crippen LogP contribution in [-0.4, -0.2) is 58.3 Å². The fraction of sp³-hybridized carbons (Fsp3) is 0.533. The minimum absolute atomic E-state index is 0.0449. The Bertz CT molecular complexity index is 497. The number of carbonyl (C=O) groups excluding carboxylic acids is 1. The van der Waals surface area contributed by atoms with Crippen LogP contribution in [0.4, 0.5) is 0 Å². The third-order valence-electron chi connectivity index (χ3n) is 3.56. The predicted octanol–water partition coefficient (Wildman–Crippen LogP) is 1.15. The first-order valence-corrected chi connectivity index (χ1v) is 7.01. The number of rotatable bonds is 4. The third-order valence-corrected chi connectivity index (χ3v) is 3.56. The molecule has 1 aliphatic heterocycles. The van der Waals surface area contributed by atoms with Crippen LogP contribution in [0.3, 0.4) is 0 Å². The number of methoxy groups -OCH3 is 3. The van der Waals surface area contributed by atoms with Crippen LogP contribution in [0.15, 0.2) is 12.1 Å². The Kier molecular flexibility index (Phi) is 5.27. The van der Waals surface area contributed by atoms with Gasteiger partial charge in [-0.05, 0) is 13.0 Å². The summed E-state index contributed by atoms with van der Waals surface area (Å²) >= 11 is 0. The van der Waals surface area contributed by atoms with Gasteiger partial charge in [-0.15, -0.1) is 0 Å². The number of amides is 1. The van der Waals surface area contributed by atoms with E-state index in [9.17, 15) is 4.79 Å². The third kappa shape index (κ3) is 3.39. The number of benzene rings is 1. The van der Waals surface area contributed by atoms with Gasteiger partial charge in [0.1, 0.15) is 5.75 Å². The van der Waals surface area contributed by atoms with Gasteiger partial charge in [0, 0.05) is 31.8 Å². The normalized spacial score (nSPS) is 15.3. The number of ether oxygens (including phenoxy) is 3. The monoisotopic (exact) mass is 294 g/mol. The minimum Gasteiger partial charge on any atom is -0.496 e. The summed E-state index contributed by atoms with van der Waals surface area (Å²) in [5.74, 6) is 1.52. The van der Waals surface area contributed by atoms with Gasteiger partial charge < -0.3 is 24.4 Å². The van der Waals surface area contributed by atoms with E-state index < -0.39 is 0 Å². The molecule has 6 heteroatoms. The van der Waals surface area contributed by atoms with Crippen LogP contribution in [0.5, 0.6) is 17.2 Å². The van der Waals surface area contributed by atoms with Crippen molar-refractivity contribution in [3.63, 3.8) is 0 Å². The van der Waals surface area contributed by atoms with Crippen molar-refractivity contribution in [2.24, 2.45) is 0 Å². The van der Waals surface area contributed by atoms with Crippen molar-refractivity contribution in [2.75, 3.05) is 47.5 Å². The number of nitrogens with zero attached hydrogens (tertiary/aromatic N) is 1. The molecule has 1 aromatic carbocycles. The molecule has 1 saturated heterocycles. The molecule has 21 heavy (non-hydrogen) atoms. The Morgan fingerprint density at radius 2 is 1.67 bits per heavy atom. The van der Waals surface area contributed by atoms with Crippen LogP contribution >= 0.6 is 0 Å². The maximum atomic E-state index is 12.7. The lowest BCUT2D eigenvalue weighted by Crippen LogP contribution is -2.34. The maximum Gasteiger partial charge on any atom is 0.257 e. The largest absolute Gasteiger partial charge is 0.496 e. The summed E-state index contributed by atoms with van der Waals surface area (Å²) in [5.41, 5.74) is 0.497. The molecule has 116 valence electrons. The fourth-order valence-electron chi connectivity index (χ4n) is 2.42. The van der Waals surface area contributed by atoms with Crippen molar-refractivity contribution >= 4 is 5.91 Å². The van der Waals surface area contributed by atoms with Crippen LogP contribution in [0, 0.1) is 0 Å². The van der Waals surface area contributed by atoms with Gasteiger partial charge in [-0.2, -0.15) is 0 Å². The number of nitrogens with one attached hydrogen (secondary N) is 1. The SMILES string of the molecule is COc1cc(OC)c(C(=O)N2CCCNCC2)cc1OC. The van der Waals surface area contributed by atoms with Gasteiger partial charge in [0.15, 0.2) is 11.5 Å². The molecule has 1 aromatic rings. The fourth-order valence-corrected chi connectivity index (χ4v) is 2.42. The smallest absolute Gasteiger partial charge is 0.257 e. The van der Waals surface area contributed by atoms with E-state index in [0.29, 0.717) is 29.4 Å². The van der Waals surface area contributed by atoms with Crippen LogP contribution in [0.1, 0.15) is 16.8 Å². The Balaban J connectivity index is 2.34. The number of hydrogen-bond donors (Lipinski definition) is 1. The Morgan fingerprint density at radius 3 is 2.33 bits per heavy atom. The highest BCUT2D eigenvalue weighted by molar-refractivity contribution is 5.97. The molecule has 0 unspecified atom stereocenters. The zero-order chi connectivity index (χ0) is 15.2. The molecule has 1 fully saturated rings. The van der Waals surface area contributed by atoms with Gasteiger partial charge in [-0.25, -0.2) is 0 Å². The first-order valence-electron chi connectivity index (χ1n) is 7.01. The van der Waals surface area contributed by atoms with Gasteiger partial charge in [0.2, 0.25) is 0 Å². The van der Waals surface area contributed by atoms with E-state index in [2.05, 4.69) is 5.32 Å². The van der Waals surface area contributed by atoms with Crippen molar-refractivity contribution in [3.8, 4) is 17.2 Å². The number of carbonyl (C=O) groups is 1. The average Bonchev–Trinajstić information content (AvgIpc) is 2.82. The van der Waals surface area contributed by atoms with E-state index in [1.54, 1.807) is 33.5 Å². The summed E-state index contributed by atoms with van der Waals surface area (Å²) in [6.45, 7) is 3.17. The van der Waals surface area contributed by atoms with E-state index >= 15 is 0 Å². The topological polar surface area (TPSA) is 60.0 Å². The molecule has 1 aliphatic rings. The second kappa shape index (κ2) is 7.17. The second-order valence-electron chi connectivity index (χ2n) is 4.80. The molecule has 0 spiro atoms. The summed E-state index contributed by atoms with van der Waals surface area (Å²) in [6.07, 6.45) is 0.946. The molecular formula is C15H22N2O4. The van der Waals surface area contributed by atoms with E-state index in [1.807, 2.05) is 4.90 Å². The van der Waals surface area contributed by atoms with Gasteiger partial charge >= 0.3 is 0 Å². The summed E-state index contributed by atoms with van der Waals surface area (Å²) in [5, 5.41) is 3.28. The van der Waals surface area contributed by atoms with Crippen molar-refractivity contribution in [1.82, 2.24) is 10.2 Å². The predicted molar refractivity (Wildman–Crippen MR) is 79.5 cm³/mol. The lowest BCUT2D eigenvalue weighted by molar-refractivity contribution is 0.0762. The molecule has 1 amide bonds. The van der Waals surface area contributed by atoms with E-state index in [1.165, 1.54) is 0 Å². The second-order valence-corrected chi connectivity index (χ2v) is 4.80. The Labute approximate surface area is 125 Å². The molecule has 1 N–H and O–H groups in total. The molecule has 0 aromatic heterocycles. The van der Waals surface area contributed by atoms with Crippen LogP contribution < -0.4 is 19.5 Å². The molecule has 2 rings (SSSR count). The highest BCUT2D eigenvalue weighted by Gasteiger charge is 2.23. The van der Waals surface area contributed by atoms with E-state index in [4.69, 9.17) is 14.2 Å². The molecule has 0 saturated carbocycles. The van der Waals surface area contributed by atoms with E-state index in [0.717, 1.165) is 26.1 Å². The van der Waals surface area contributed by atoms with Crippen molar-refractivity contribution in [2.45, 2.75) is 6.42 Å². The molecule has 0 radical (unpaired) electrons. The van der Waals surface area contributed by atoms with Crippen molar-refractivity contribution in [1.29, 1.82) is 0 Å². The first-order chi connectivity index (χ1) is 10.2. The van der Waals surface area contributed by atoms with E-state index in [-0.39, 0.29) is 5.91 Å². The lowest BCUT2D eigenvalue weighted by atomic mass is 10.1. The Hall–Kier alpha value is -1.95. The first kappa shape index (κ1) is 15.4. The molecule has 0 bridgehead atoms. The average molecular weight is 294 g/mol. The molecular weight excluding hydrogens is 272 g/mol. The van der Waals surface area contributed by atoms with Gasteiger partial charge in [-0.3, -0.25) is 4.79 Å². The van der Waals surface area contributed by atoms with Crippen LogP contribution in [0.2, 0.25) is 0 Å². The lowest BCUT2D eigenvalue weighted by Gasteiger charge is -2.22. The maximum absolute atomic E-state index is 12.7. The molecule has 1 heterocycles. The molecule has 6 nitrogen and oxygen atoms in total. The zero-order valence-electron chi connectivity index (χ0n) is 12.8. The van der Waals surface area contributed by atoms with Crippen molar-refractivity contribution < 1.29 is 19.0 Å². The summed E-state index contributed by atoms with van der Waals surface area (Å²) in [6, 6.07) is 3.36. The highest BCUT2D eigenvalue weighted by atomic mass is 16.5. The van der Waals surface area contributed by atoms with Crippen LogP contribution in [0.25, 0.3) is 0 Å². The summed E-state index contributed by atoms with van der Waals surface area (Å²) in [7, 11) is 4.65. The zero-order valence-corrected chi connectivity index (χ0v) is 12.8. The number of hydrogen-bond acceptors (Lipinski definition) is 5. The summed E-state index contributed by atoms with van der Waals surface area (Å²) in [4.78, 5) is 14.6. The van der Waals surface area contributed by atoms with Crippen LogP contribution in [-0.2, 0) is 0 Å².